The summed E-state index contributed by atoms with van der Waals surface area (Å²) in [5.41, 5.74) is 2.96. The van der Waals surface area contributed by atoms with E-state index in [1.807, 2.05) is 25.1 Å². The van der Waals surface area contributed by atoms with Crippen molar-refractivity contribution in [2.75, 3.05) is 13.2 Å². The van der Waals surface area contributed by atoms with Gasteiger partial charge in [0.1, 0.15) is 12.4 Å². The average Bonchev–Trinajstić information content (AvgIpc) is 2.78. The van der Waals surface area contributed by atoms with E-state index in [2.05, 4.69) is 41.5 Å². The number of hydrogen-bond donors (Lipinski definition) is 1. The lowest BCUT2D eigenvalue weighted by Crippen LogP contribution is -2.23. The third-order valence-corrected chi connectivity index (χ3v) is 4.25. The Morgan fingerprint density at radius 1 is 1.12 bits per heavy atom. The first-order valence-corrected chi connectivity index (χ1v) is 8.48. The standard InChI is InChI=1S/C20H29NO3/c1-8-21-18(23)14(12-24-21)9-13-10-15(19(2,3)4)17(22)16(11-13)20(5,6)7/h9-11,22H,8,12H2,1-7H3/b14-9+. The predicted octanol–water partition coefficient (Wildman–Crippen LogP) is 4.16. The molecule has 0 bridgehead atoms. The number of carbonyl (C=O) groups is 1. The van der Waals surface area contributed by atoms with Gasteiger partial charge in [0.05, 0.1) is 0 Å². The van der Waals surface area contributed by atoms with E-state index in [1.54, 1.807) is 0 Å². The summed E-state index contributed by atoms with van der Waals surface area (Å²) in [6, 6.07) is 3.94. The zero-order valence-corrected chi connectivity index (χ0v) is 15.9. The van der Waals surface area contributed by atoms with Gasteiger partial charge in [-0.3, -0.25) is 9.63 Å². The van der Waals surface area contributed by atoms with Crippen LogP contribution in [0.15, 0.2) is 17.7 Å². The molecule has 0 saturated carbocycles. The second-order valence-electron chi connectivity index (χ2n) is 8.41. The molecule has 2 rings (SSSR count). The van der Waals surface area contributed by atoms with Crippen LogP contribution >= 0.6 is 0 Å². The Morgan fingerprint density at radius 2 is 1.62 bits per heavy atom. The molecule has 4 heteroatoms. The minimum atomic E-state index is -0.190. The van der Waals surface area contributed by atoms with Crippen LogP contribution in [0.25, 0.3) is 6.08 Å². The summed E-state index contributed by atoms with van der Waals surface area (Å²) < 4.78 is 0. The monoisotopic (exact) mass is 331 g/mol. The molecule has 0 radical (unpaired) electrons. The molecular weight excluding hydrogens is 302 g/mol. The Kier molecular flexibility index (Phi) is 4.82. The highest BCUT2D eigenvalue weighted by Crippen LogP contribution is 2.40. The van der Waals surface area contributed by atoms with Crippen molar-refractivity contribution in [3.05, 3.63) is 34.4 Å². The summed E-state index contributed by atoms with van der Waals surface area (Å²) in [6.45, 7) is 15.2. The topological polar surface area (TPSA) is 49.8 Å². The highest BCUT2D eigenvalue weighted by molar-refractivity contribution is 5.99. The second-order valence-corrected chi connectivity index (χ2v) is 8.41. The maximum Gasteiger partial charge on any atom is 0.275 e. The van der Waals surface area contributed by atoms with Crippen molar-refractivity contribution >= 4 is 12.0 Å². The van der Waals surface area contributed by atoms with Crippen LogP contribution in [0.2, 0.25) is 0 Å². The lowest BCUT2D eigenvalue weighted by molar-refractivity contribution is -0.159. The number of nitrogens with zero attached hydrogens (tertiary/aromatic N) is 1. The number of likely N-dealkylation sites (N-methyl/N-ethyl adjacent to an activating group) is 1. The molecule has 0 atom stereocenters. The number of amides is 1. The number of aromatic hydroxyl groups is 1. The van der Waals surface area contributed by atoms with Crippen LogP contribution in [-0.2, 0) is 20.5 Å². The summed E-state index contributed by atoms with van der Waals surface area (Å²) in [5.74, 6) is 0.265. The van der Waals surface area contributed by atoms with E-state index in [4.69, 9.17) is 4.84 Å². The van der Waals surface area contributed by atoms with Crippen molar-refractivity contribution in [2.45, 2.75) is 59.3 Å². The van der Waals surface area contributed by atoms with Crippen LogP contribution in [0, 0.1) is 0 Å². The van der Waals surface area contributed by atoms with Gasteiger partial charge in [0.2, 0.25) is 0 Å². The van der Waals surface area contributed by atoms with Crippen molar-refractivity contribution < 1.29 is 14.7 Å². The zero-order valence-electron chi connectivity index (χ0n) is 15.9. The maximum absolute atomic E-state index is 12.3. The molecule has 1 saturated heterocycles. The van der Waals surface area contributed by atoms with Gasteiger partial charge in [-0.2, -0.15) is 0 Å². The van der Waals surface area contributed by atoms with Crippen LogP contribution in [0.3, 0.4) is 0 Å². The minimum absolute atomic E-state index is 0.0832. The Hall–Kier alpha value is -1.81. The third-order valence-electron chi connectivity index (χ3n) is 4.25. The molecule has 1 aliphatic rings. The highest BCUT2D eigenvalue weighted by atomic mass is 16.7. The number of phenols is 1. The smallest absolute Gasteiger partial charge is 0.275 e. The van der Waals surface area contributed by atoms with E-state index < -0.39 is 0 Å². The fourth-order valence-corrected chi connectivity index (χ4v) is 2.85. The molecular formula is C20H29NO3. The van der Waals surface area contributed by atoms with E-state index in [0.29, 0.717) is 24.5 Å². The molecule has 1 heterocycles. The summed E-state index contributed by atoms with van der Waals surface area (Å²) >= 11 is 0. The van der Waals surface area contributed by atoms with E-state index in [1.165, 1.54) is 5.06 Å². The lowest BCUT2D eigenvalue weighted by atomic mass is 9.78. The first kappa shape index (κ1) is 18.5. The molecule has 1 aromatic rings. The summed E-state index contributed by atoms with van der Waals surface area (Å²) in [7, 11) is 0. The quantitative estimate of drug-likeness (QED) is 0.828. The van der Waals surface area contributed by atoms with Gasteiger partial charge in [-0.15, -0.1) is 0 Å². The molecule has 1 aliphatic heterocycles. The summed E-state index contributed by atoms with van der Waals surface area (Å²) in [6.07, 6.45) is 1.88. The van der Waals surface area contributed by atoms with E-state index in [9.17, 15) is 9.90 Å². The van der Waals surface area contributed by atoms with E-state index in [0.717, 1.165) is 16.7 Å². The molecule has 0 spiro atoms. The van der Waals surface area contributed by atoms with Crippen LogP contribution in [0.5, 0.6) is 5.75 Å². The highest BCUT2D eigenvalue weighted by Gasteiger charge is 2.28. The average molecular weight is 331 g/mol. The fourth-order valence-electron chi connectivity index (χ4n) is 2.85. The SMILES string of the molecule is CCN1OC/C(=C\c2cc(C(C)(C)C)c(O)c(C(C)(C)C)c2)C1=O. The molecule has 132 valence electrons. The summed E-state index contributed by atoms with van der Waals surface area (Å²) in [4.78, 5) is 17.6. The molecule has 4 nitrogen and oxygen atoms in total. The Balaban J connectivity index is 2.58. The van der Waals surface area contributed by atoms with Crippen molar-refractivity contribution in [3.63, 3.8) is 0 Å². The van der Waals surface area contributed by atoms with Crippen LogP contribution in [0.1, 0.15) is 65.2 Å². The predicted molar refractivity (Wildman–Crippen MR) is 96.8 cm³/mol. The third kappa shape index (κ3) is 3.64. The van der Waals surface area contributed by atoms with Gasteiger partial charge in [-0.25, -0.2) is 5.06 Å². The van der Waals surface area contributed by atoms with Gasteiger partial charge in [0, 0.05) is 23.2 Å². The molecule has 1 fully saturated rings. The molecule has 0 aliphatic carbocycles. The summed E-state index contributed by atoms with van der Waals surface area (Å²) in [5, 5.41) is 12.1. The van der Waals surface area contributed by atoms with Crippen molar-refractivity contribution in [1.29, 1.82) is 0 Å². The largest absolute Gasteiger partial charge is 0.507 e. The van der Waals surface area contributed by atoms with Crippen LogP contribution in [-0.4, -0.2) is 29.2 Å². The van der Waals surface area contributed by atoms with Gasteiger partial charge in [0.15, 0.2) is 0 Å². The van der Waals surface area contributed by atoms with Gasteiger partial charge < -0.3 is 5.11 Å². The Morgan fingerprint density at radius 3 is 2.00 bits per heavy atom. The van der Waals surface area contributed by atoms with Crippen molar-refractivity contribution in [3.8, 4) is 5.75 Å². The maximum atomic E-state index is 12.3. The second kappa shape index (κ2) is 6.25. The number of hydroxylamine groups is 2. The van der Waals surface area contributed by atoms with Crippen LogP contribution in [0.4, 0.5) is 0 Å². The molecule has 1 amide bonds. The van der Waals surface area contributed by atoms with Gasteiger partial charge in [0.25, 0.3) is 5.91 Å². The molecule has 24 heavy (non-hydrogen) atoms. The molecule has 1 N–H and O–H groups in total. The van der Waals surface area contributed by atoms with Gasteiger partial charge in [-0.05, 0) is 41.5 Å². The van der Waals surface area contributed by atoms with Gasteiger partial charge in [-0.1, -0.05) is 41.5 Å². The van der Waals surface area contributed by atoms with Gasteiger partial charge >= 0.3 is 0 Å². The first-order valence-electron chi connectivity index (χ1n) is 8.48. The van der Waals surface area contributed by atoms with E-state index in [-0.39, 0.29) is 16.7 Å². The van der Waals surface area contributed by atoms with Crippen molar-refractivity contribution in [1.82, 2.24) is 5.06 Å². The van der Waals surface area contributed by atoms with Crippen LogP contribution < -0.4 is 0 Å². The van der Waals surface area contributed by atoms with E-state index >= 15 is 0 Å². The number of carbonyl (C=O) groups excluding carboxylic acids is 1. The number of phenolic OH excluding ortho intramolecular Hbond substituents is 1. The minimum Gasteiger partial charge on any atom is -0.507 e. The number of rotatable bonds is 2. The number of hydrogen-bond acceptors (Lipinski definition) is 3. The molecule has 1 aromatic carbocycles. The Labute approximate surface area is 145 Å². The molecule has 0 unspecified atom stereocenters. The molecule has 0 aromatic heterocycles. The zero-order chi connectivity index (χ0) is 18.3. The normalized spacial score (nSPS) is 17.9. The fraction of sp³-hybridized carbons (Fsp3) is 0.550. The first-order chi connectivity index (χ1) is 10.9. The van der Waals surface area contributed by atoms with Crippen molar-refractivity contribution in [2.24, 2.45) is 0 Å². The Bertz CT molecular complexity index is 640. The lowest BCUT2D eigenvalue weighted by Gasteiger charge is -2.28. The number of benzene rings is 1.